The molecule has 0 bridgehead atoms. The van der Waals surface area contributed by atoms with E-state index in [4.69, 9.17) is 13.9 Å². The first-order chi connectivity index (χ1) is 13.2. The van der Waals surface area contributed by atoms with E-state index in [9.17, 15) is 14.4 Å². The van der Waals surface area contributed by atoms with Crippen LogP contribution in [0.15, 0.2) is 23.0 Å². The van der Waals surface area contributed by atoms with Gasteiger partial charge in [0, 0.05) is 17.8 Å². The van der Waals surface area contributed by atoms with Crippen LogP contribution < -0.4 is 0 Å². The highest BCUT2D eigenvalue weighted by atomic mass is 16.6. The first kappa shape index (κ1) is 19.2. The van der Waals surface area contributed by atoms with Crippen molar-refractivity contribution in [2.45, 2.75) is 65.6 Å². The molecule has 2 saturated carbocycles. The maximum atomic E-state index is 13.4. The molecule has 1 aromatic heterocycles. The number of hydrogen-bond donors (Lipinski definition) is 0. The maximum absolute atomic E-state index is 13.4. The summed E-state index contributed by atoms with van der Waals surface area (Å²) in [6.45, 7) is 7.60. The minimum absolute atomic E-state index is 0.0409. The molecule has 7 atom stereocenters. The maximum Gasteiger partial charge on any atom is 0.309 e. The van der Waals surface area contributed by atoms with Crippen LogP contribution in [0.3, 0.4) is 0 Å². The number of rotatable bonds is 4. The normalized spacial score (nSPS) is 40.4. The highest BCUT2D eigenvalue weighted by Gasteiger charge is 2.69. The van der Waals surface area contributed by atoms with Crippen molar-refractivity contribution in [3.63, 3.8) is 0 Å². The van der Waals surface area contributed by atoms with E-state index in [1.54, 1.807) is 6.07 Å². The zero-order valence-electron chi connectivity index (χ0n) is 16.9. The third kappa shape index (κ3) is 2.49. The van der Waals surface area contributed by atoms with E-state index >= 15 is 0 Å². The standard InChI is InChI=1S/C22H28O6/c1-12-10-17-22(4)15(20(25)28-17)6-5-7-16(22)21(12,3)19(27-13(2)23)18(24)14-8-9-26-11-14/h8-9,11-12,15-17,19H,5-7,10H2,1-4H3/t12-,15+,16-,17+,19-,21-,22+/m1/s1. The van der Waals surface area contributed by atoms with E-state index in [-0.39, 0.29) is 41.0 Å². The van der Waals surface area contributed by atoms with Crippen LogP contribution in [0, 0.1) is 28.6 Å². The Morgan fingerprint density at radius 3 is 2.68 bits per heavy atom. The molecule has 1 aliphatic heterocycles. The molecule has 0 N–H and O–H groups in total. The van der Waals surface area contributed by atoms with Crippen LogP contribution in [0.1, 0.15) is 63.7 Å². The van der Waals surface area contributed by atoms with Crippen molar-refractivity contribution in [3.05, 3.63) is 24.2 Å². The van der Waals surface area contributed by atoms with Crippen LogP contribution in [0.4, 0.5) is 0 Å². The molecule has 6 nitrogen and oxygen atoms in total. The Kier molecular flexibility index (Phi) is 4.43. The molecule has 2 aliphatic carbocycles. The Balaban J connectivity index is 1.81. The summed E-state index contributed by atoms with van der Waals surface area (Å²) in [6, 6.07) is 1.60. The van der Waals surface area contributed by atoms with Crippen molar-refractivity contribution in [2.75, 3.05) is 0 Å². The summed E-state index contributed by atoms with van der Waals surface area (Å²) in [4.78, 5) is 37.9. The average Bonchev–Trinajstić information content (AvgIpc) is 3.25. The predicted molar refractivity (Wildman–Crippen MR) is 99.3 cm³/mol. The fourth-order valence-electron chi connectivity index (χ4n) is 6.39. The molecule has 4 rings (SSSR count). The summed E-state index contributed by atoms with van der Waals surface area (Å²) in [6.07, 6.45) is 5.06. The topological polar surface area (TPSA) is 82.8 Å². The van der Waals surface area contributed by atoms with E-state index in [1.165, 1.54) is 19.5 Å². The molecule has 2 heterocycles. The van der Waals surface area contributed by atoms with Gasteiger partial charge < -0.3 is 13.9 Å². The van der Waals surface area contributed by atoms with Gasteiger partial charge in [-0.3, -0.25) is 14.4 Å². The number of furan rings is 1. The third-order valence-electron chi connectivity index (χ3n) is 8.00. The molecule has 1 aromatic rings. The van der Waals surface area contributed by atoms with Crippen LogP contribution in [0.2, 0.25) is 0 Å². The molecule has 152 valence electrons. The fraction of sp³-hybridized carbons (Fsp3) is 0.682. The zero-order chi connectivity index (χ0) is 20.3. The lowest BCUT2D eigenvalue weighted by molar-refractivity contribution is -0.184. The number of carbonyl (C=O) groups excluding carboxylic acids is 3. The summed E-state index contributed by atoms with van der Waals surface area (Å²) in [7, 11) is 0. The minimum Gasteiger partial charge on any atom is -0.472 e. The van der Waals surface area contributed by atoms with Gasteiger partial charge >= 0.3 is 11.9 Å². The fourth-order valence-corrected chi connectivity index (χ4v) is 6.39. The molecule has 3 aliphatic rings. The van der Waals surface area contributed by atoms with Crippen molar-refractivity contribution in [1.29, 1.82) is 0 Å². The number of esters is 2. The Hall–Kier alpha value is -2.11. The van der Waals surface area contributed by atoms with Crippen molar-refractivity contribution >= 4 is 17.7 Å². The smallest absolute Gasteiger partial charge is 0.309 e. The van der Waals surface area contributed by atoms with Gasteiger partial charge in [-0.1, -0.05) is 27.2 Å². The van der Waals surface area contributed by atoms with Crippen LogP contribution in [0.5, 0.6) is 0 Å². The lowest BCUT2D eigenvalue weighted by atomic mass is 9.43. The average molecular weight is 388 g/mol. The molecule has 0 aromatic carbocycles. The molecule has 0 unspecified atom stereocenters. The van der Waals surface area contributed by atoms with Crippen molar-refractivity contribution in [3.8, 4) is 0 Å². The van der Waals surface area contributed by atoms with Crippen molar-refractivity contribution in [2.24, 2.45) is 28.6 Å². The van der Waals surface area contributed by atoms with E-state index < -0.39 is 17.5 Å². The number of Topliss-reactive ketones (excluding diaryl/α,β-unsaturated/α-hetero) is 1. The van der Waals surface area contributed by atoms with Gasteiger partial charge in [0.15, 0.2) is 6.10 Å². The van der Waals surface area contributed by atoms with E-state index in [2.05, 4.69) is 20.8 Å². The Morgan fingerprint density at radius 1 is 1.29 bits per heavy atom. The van der Waals surface area contributed by atoms with Gasteiger partial charge in [-0.15, -0.1) is 0 Å². The van der Waals surface area contributed by atoms with Crippen LogP contribution in [-0.2, 0) is 19.1 Å². The van der Waals surface area contributed by atoms with Crippen molar-refractivity contribution in [1.82, 2.24) is 0 Å². The predicted octanol–water partition coefficient (Wildman–Crippen LogP) is 3.79. The molecular formula is C22H28O6. The van der Waals surface area contributed by atoms with Gasteiger partial charge in [-0.05, 0) is 37.2 Å². The molecule has 0 radical (unpaired) electrons. The summed E-state index contributed by atoms with van der Waals surface area (Å²) < 4.78 is 16.6. The minimum atomic E-state index is -0.921. The lowest BCUT2D eigenvalue weighted by Gasteiger charge is -2.60. The first-order valence-electron chi connectivity index (χ1n) is 10.1. The quantitative estimate of drug-likeness (QED) is 0.576. The Morgan fingerprint density at radius 2 is 2.04 bits per heavy atom. The van der Waals surface area contributed by atoms with Crippen LogP contribution >= 0.6 is 0 Å². The second kappa shape index (κ2) is 6.46. The molecule has 28 heavy (non-hydrogen) atoms. The molecular weight excluding hydrogens is 360 g/mol. The van der Waals surface area contributed by atoms with Gasteiger partial charge in [-0.25, -0.2) is 0 Å². The zero-order valence-corrected chi connectivity index (χ0v) is 16.9. The number of ether oxygens (including phenoxy) is 2. The largest absolute Gasteiger partial charge is 0.472 e. The summed E-state index contributed by atoms with van der Waals surface area (Å²) >= 11 is 0. The summed E-state index contributed by atoms with van der Waals surface area (Å²) in [5.41, 5.74) is -0.540. The van der Waals surface area contributed by atoms with Gasteiger partial charge in [0.25, 0.3) is 0 Å². The molecule has 1 saturated heterocycles. The Bertz CT molecular complexity index is 798. The SMILES string of the molecule is CC(=O)O[C@H](C(=O)c1ccoc1)[C@@]1(C)[C@H]2CCC[C@H]3C(=O)O[C@@H](C[C@H]1C)[C@]23C. The van der Waals surface area contributed by atoms with Crippen LogP contribution in [0.25, 0.3) is 0 Å². The number of carbonyl (C=O) groups is 3. The second-order valence-corrected chi connectivity index (χ2v) is 9.20. The monoisotopic (exact) mass is 388 g/mol. The molecule has 0 spiro atoms. The number of ketones is 1. The van der Waals surface area contributed by atoms with Crippen molar-refractivity contribution < 1.29 is 28.3 Å². The van der Waals surface area contributed by atoms with Crippen LogP contribution in [-0.4, -0.2) is 29.9 Å². The highest BCUT2D eigenvalue weighted by molar-refractivity contribution is 6.00. The highest BCUT2D eigenvalue weighted by Crippen LogP contribution is 2.66. The lowest BCUT2D eigenvalue weighted by Crippen LogP contribution is -2.62. The van der Waals surface area contributed by atoms with E-state index in [0.717, 1.165) is 19.3 Å². The van der Waals surface area contributed by atoms with E-state index in [0.29, 0.717) is 12.0 Å². The third-order valence-corrected chi connectivity index (χ3v) is 8.00. The first-order valence-corrected chi connectivity index (χ1v) is 10.1. The molecule has 6 heteroatoms. The second-order valence-electron chi connectivity index (χ2n) is 9.20. The summed E-state index contributed by atoms with van der Waals surface area (Å²) in [5.74, 6) is -0.898. The summed E-state index contributed by atoms with van der Waals surface area (Å²) in [5, 5.41) is 0. The van der Waals surface area contributed by atoms with E-state index in [1.807, 2.05) is 0 Å². The molecule has 3 fully saturated rings. The van der Waals surface area contributed by atoms with Gasteiger partial charge in [0.05, 0.1) is 17.7 Å². The molecule has 0 amide bonds. The van der Waals surface area contributed by atoms with Gasteiger partial charge in [0.1, 0.15) is 12.4 Å². The van der Waals surface area contributed by atoms with Gasteiger partial charge in [0.2, 0.25) is 5.78 Å². The van der Waals surface area contributed by atoms with Gasteiger partial charge in [-0.2, -0.15) is 0 Å². The number of hydrogen-bond acceptors (Lipinski definition) is 6. The Labute approximate surface area is 164 Å².